The quantitative estimate of drug-likeness (QED) is 0.896. The minimum absolute atomic E-state index is 0.222. The highest BCUT2D eigenvalue weighted by molar-refractivity contribution is 5.31. The highest BCUT2D eigenvalue weighted by Gasteiger charge is 2.21. The lowest BCUT2D eigenvalue weighted by atomic mass is 9.98. The Hall–Kier alpha value is -1.58. The summed E-state index contributed by atoms with van der Waals surface area (Å²) in [6, 6.07) is 13.4. The second-order valence-corrected chi connectivity index (χ2v) is 5.55. The summed E-state index contributed by atoms with van der Waals surface area (Å²) in [4.78, 5) is 0. The van der Waals surface area contributed by atoms with Gasteiger partial charge in [0.05, 0.1) is 6.04 Å². The molecular formula is C17H22N2O. The number of rotatable bonds is 3. The number of aryl methyl sites for hydroxylation is 1. The topological polar surface area (TPSA) is 37.2 Å². The van der Waals surface area contributed by atoms with Crippen molar-refractivity contribution in [2.75, 3.05) is 6.54 Å². The van der Waals surface area contributed by atoms with Gasteiger partial charge < -0.3 is 15.1 Å². The molecule has 2 unspecified atom stereocenters. The molecule has 1 aliphatic heterocycles. The second-order valence-electron chi connectivity index (χ2n) is 5.55. The number of hydrogen-bond acceptors (Lipinski definition) is 3. The zero-order chi connectivity index (χ0) is 13.9. The van der Waals surface area contributed by atoms with Crippen LogP contribution in [0.4, 0.5) is 0 Å². The van der Waals surface area contributed by atoms with E-state index in [0.717, 1.165) is 31.0 Å². The SMILES string of the molecule is Cc1ccc(C(C)NC2CCNCc3ccccc32)o1. The molecule has 3 nitrogen and oxygen atoms in total. The van der Waals surface area contributed by atoms with Crippen molar-refractivity contribution in [3.8, 4) is 0 Å². The molecule has 0 saturated carbocycles. The van der Waals surface area contributed by atoms with Crippen LogP contribution in [0.25, 0.3) is 0 Å². The smallest absolute Gasteiger partial charge is 0.120 e. The molecule has 3 heteroatoms. The minimum atomic E-state index is 0.222. The Kier molecular flexibility index (Phi) is 3.90. The first kappa shape index (κ1) is 13.4. The summed E-state index contributed by atoms with van der Waals surface area (Å²) < 4.78 is 5.73. The Balaban J connectivity index is 1.80. The molecule has 2 aromatic rings. The highest BCUT2D eigenvalue weighted by Crippen LogP contribution is 2.27. The van der Waals surface area contributed by atoms with Crippen LogP contribution in [-0.4, -0.2) is 6.54 Å². The first-order valence-corrected chi connectivity index (χ1v) is 7.35. The Morgan fingerprint density at radius 1 is 1.25 bits per heavy atom. The van der Waals surface area contributed by atoms with Crippen molar-refractivity contribution < 1.29 is 4.42 Å². The first-order valence-electron chi connectivity index (χ1n) is 7.35. The van der Waals surface area contributed by atoms with Crippen molar-refractivity contribution in [3.05, 3.63) is 59.0 Å². The van der Waals surface area contributed by atoms with E-state index < -0.39 is 0 Å². The van der Waals surface area contributed by atoms with Crippen molar-refractivity contribution >= 4 is 0 Å². The third-order valence-corrected chi connectivity index (χ3v) is 3.99. The number of hydrogen-bond donors (Lipinski definition) is 2. The van der Waals surface area contributed by atoms with Crippen LogP contribution in [0.15, 0.2) is 40.8 Å². The minimum Gasteiger partial charge on any atom is -0.465 e. The van der Waals surface area contributed by atoms with Crippen molar-refractivity contribution in [2.24, 2.45) is 0 Å². The Morgan fingerprint density at radius 3 is 2.90 bits per heavy atom. The van der Waals surface area contributed by atoms with Gasteiger partial charge in [-0.05, 0) is 50.1 Å². The predicted molar refractivity (Wildman–Crippen MR) is 80.5 cm³/mol. The van der Waals surface area contributed by atoms with Crippen LogP contribution in [0.3, 0.4) is 0 Å². The van der Waals surface area contributed by atoms with Crippen molar-refractivity contribution in [2.45, 2.75) is 38.9 Å². The molecule has 0 radical (unpaired) electrons. The van der Waals surface area contributed by atoms with E-state index in [2.05, 4.69) is 47.9 Å². The van der Waals surface area contributed by atoms with E-state index in [0.29, 0.717) is 6.04 Å². The third-order valence-electron chi connectivity index (χ3n) is 3.99. The molecule has 0 amide bonds. The lowest BCUT2D eigenvalue weighted by Gasteiger charge is -2.22. The van der Waals surface area contributed by atoms with Gasteiger partial charge in [-0.1, -0.05) is 24.3 Å². The van der Waals surface area contributed by atoms with Crippen LogP contribution >= 0.6 is 0 Å². The summed E-state index contributed by atoms with van der Waals surface area (Å²) in [6.45, 7) is 6.15. The van der Waals surface area contributed by atoms with Crippen molar-refractivity contribution in [1.29, 1.82) is 0 Å². The van der Waals surface area contributed by atoms with E-state index in [1.54, 1.807) is 0 Å². The van der Waals surface area contributed by atoms with E-state index >= 15 is 0 Å². The average molecular weight is 270 g/mol. The van der Waals surface area contributed by atoms with Gasteiger partial charge in [0.1, 0.15) is 11.5 Å². The molecule has 1 aromatic carbocycles. The predicted octanol–water partition coefficient (Wildman–Crippen LogP) is 3.47. The van der Waals surface area contributed by atoms with E-state index in [-0.39, 0.29) is 6.04 Å². The molecule has 1 aromatic heterocycles. The number of nitrogens with one attached hydrogen (secondary N) is 2. The van der Waals surface area contributed by atoms with E-state index in [9.17, 15) is 0 Å². The van der Waals surface area contributed by atoms with Gasteiger partial charge in [-0.2, -0.15) is 0 Å². The largest absolute Gasteiger partial charge is 0.465 e. The standard InChI is InChI=1S/C17H22N2O/c1-12-7-8-17(20-12)13(2)19-16-9-10-18-11-14-5-3-4-6-15(14)16/h3-8,13,16,18-19H,9-11H2,1-2H3. The number of furan rings is 1. The summed E-state index contributed by atoms with van der Waals surface area (Å²) in [5.41, 5.74) is 2.80. The van der Waals surface area contributed by atoms with Crippen LogP contribution in [0.1, 0.15) is 48.1 Å². The molecule has 0 saturated heterocycles. The van der Waals surface area contributed by atoms with Gasteiger partial charge in [-0.3, -0.25) is 0 Å². The lowest BCUT2D eigenvalue weighted by Crippen LogP contribution is -2.25. The van der Waals surface area contributed by atoms with Gasteiger partial charge in [-0.25, -0.2) is 0 Å². The van der Waals surface area contributed by atoms with Gasteiger partial charge >= 0.3 is 0 Å². The summed E-state index contributed by atoms with van der Waals surface area (Å²) in [7, 11) is 0. The molecule has 2 atom stereocenters. The fourth-order valence-corrected chi connectivity index (χ4v) is 2.90. The fourth-order valence-electron chi connectivity index (χ4n) is 2.90. The van der Waals surface area contributed by atoms with Gasteiger partial charge in [0.15, 0.2) is 0 Å². The molecule has 3 rings (SSSR count). The zero-order valence-corrected chi connectivity index (χ0v) is 12.1. The average Bonchev–Trinajstić information content (AvgIpc) is 2.79. The van der Waals surface area contributed by atoms with Crippen LogP contribution in [0.2, 0.25) is 0 Å². The Labute approximate surface area is 120 Å². The molecule has 2 N–H and O–H groups in total. The van der Waals surface area contributed by atoms with Crippen LogP contribution in [0.5, 0.6) is 0 Å². The molecule has 0 bridgehead atoms. The number of benzene rings is 1. The van der Waals surface area contributed by atoms with Gasteiger partial charge in [0, 0.05) is 12.6 Å². The summed E-state index contributed by atoms with van der Waals surface area (Å²) in [5.74, 6) is 1.98. The first-order chi connectivity index (χ1) is 9.74. The Morgan fingerprint density at radius 2 is 2.10 bits per heavy atom. The molecule has 20 heavy (non-hydrogen) atoms. The zero-order valence-electron chi connectivity index (χ0n) is 12.1. The van der Waals surface area contributed by atoms with Crippen LogP contribution in [0, 0.1) is 6.92 Å². The molecule has 1 aliphatic rings. The maximum atomic E-state index is 5.73. The maximum absolute atomic E-state index is 5.73. The summed E-state index contributed by atoms with van der Waals surface area (Å²) in [6.07, 6.45) is 1.10. The highest BCUT2D eigenvalue weighted by atomic mass is 16.3. The monoisotopic (exact) mass is 270 g/mol. The van der Waals surface area contributed by atoms with E-state index in [4.69, 9.17) is 4.42 Å². The van der Waals surface area contributed by atoms with Crippen molar-refractivity contribution in [3.63, 3.8) is 0 Å². The normalized spacial score (nSPS) is 20.2. The summed E-state index contributed by atoms with van der Waals surface area (Å²) in [5, 5.41) is 7.20. The van der Waals surface area contributed by atoms with E-state index in [1.807, 2.05) is 13.0 Å². The van der Waals surface area contributed by atoms with Gasteiger partial charge in [0.25, 0.3) is 0 Å². The second kappa shape index (κ2) is 5.81. The molecule has 2 heterocycles. The molecule has 106 valence electrons. The van der Waals surface area contributed by atoms with Crippen LogP contribution in [-0.2, 0) is 6.54 Å². The summed E-state index contributed by atoms with van der Waals surface area (Å²) >= 11 is 0. The maximum Gasteiger partial charge on any atom is 0.120 e. The van der Waals surface area contributed by atoms with Gasteiger partial charge in [0.2, 0.25) is 0 Å². The molecular weight excluding hydrogens is 248 g/mol. The third kappa shape index (κ3) is 2.79. The van der Waals surface area contributed by atoms with E-state index in [1.165, 1.54) is 11.1 Å². The lowest BCUT2D eigenvalue weighted by molar-refractivity contribution is 0.374. The van der Waals surface area contributed by atoms with Gasteiger partial charge in [-0.15, -0.1) is 0 Å². The molecule has 0 spiro atoms. The van der Waals surface area contributed by atoms with Crippen LogP contribution < -0.4 is 10.6 Å². The van der Waals surface area contributed by atoms with Crippen molar-refractivity contribution in [1.82, 2.24) is 10.6 Å². The number of fused-ring (bicyclic) bond motifs is 1. The molecule has 0 fully saturated rings. The fraction of sp³-hybridized carbons (Fsp3) is 0.412. The Bertz CT molecular complexity index is 576. The molecule has 0 aliphatic carbocycles.